The number of rotatable bonds is 10. The summed E-state index contributed by atoms with van der Waals surface area (Å²) in [4.78, 5) is 0. The molecule has 0 atom stereocenters. The third kappa shape index (κ3) is 17.6. The van der Waals surface area contributed by atoms with Crippen LogP contribution in [-0.2, 0) is 0 Å². The lowest BCUT2D eigenvalue weighted by Crippen LogP contribution is -1.92. The van der Waals surface area contributed by atoms with E-state index in [-0.39, 0.29) is 0 Å². The van der Waals surface area contributed by atoms with Gasteiger partial charge in [-0.1, -0.05) is 38.2 Å². The van der Waals surface area contributed by atoms with Crippen LogP contribution in [0.15, 0.2) is 24.3 Å². The first-order chi connectivity index (χ1) is 10.7. The second kappa shape index (κ2) is 18.6. The molecule has 22 heavy (non-hydrogen) atoms. The third-order valence-corrected chi connectivity index (χ3v) is 8.25. The van der Waals surface area contributed by atoms with Crippen LogP contribution in [0.4, 0.5) is 0 Å². The van der Waals surface area contributed by atoms with Gasteiger partial charge in [0, 0.05) is 34.5 Å². The summed E-state index contributed by atoms with van der Waals surface area (Å²) in [5.41, 5.74) is 2.79. The van der Waals surface area contributed by atoms with E-state index in [4.69, 9.17) is 0 Å². The van der Waals surface area contributed by atoms with Gasteiger partial charge in [-0.25, -0.2) is 0 Å². The Morgan fingerprint density at radius 3 is 2.09 bits per heavy atom. The molecule has 0 amide bonds. The van der Waals surface area contributed by atoms with E-state index >= 15 is 0 Å². The molecular formula is C17H32S5. The van der Waals surface area contributed by atoms with Crippen LogP contribution in [0.5, 0.6) is 0 Å². The van der Waals surface area contributed by atoms with Crippen LogP contribution in [0.2, 0.25) is 0 Å². The summed E-state index contributed by atoms with van der Waals surface area (Å²) in [6.07, 6.45) is 1.34. The van der Waals surface area contributed by atoms with Crippen molar-refractivity contribution in [1.82, 2.24) is 0 Å². The maximum atomic E-state index is 4.08. The molecule has 1 rings (SSSR count). The highest BCUT2D eigenvalue weighted by atomic mass is 32.2. The molecule has 130 valence electrons. The molecule has 1 aliphatic rings. The number of thioether (sulfide) groups is 5. The summed E-state index contributed by atoms with van der Waals surface area (Å²) in [6, 6.07) is 0. The van der Waals surface area contributed by atoms with E-state index in [2.05, 4.69) is 27.0 Å². The molecule has 0 aromatic heterocycles. The zero-order chi connectivity index (χ0) is 16.5. The second-order valence-electron chi connectivity index (χ2n) is 4.85. The highest BCUT2D eigenvalue weighted by Gasteiger charge is 2.00. The van der Waals surface area contributed by atoms with Crippen LogP contribution < -0.4 is 0 Å². The van der Waals surface area contributed by atoms with Gasteiger partial charge in [-0.2, -0.15) is 58.8 Å². The van der Waals surface area contributed by atoms with Crippen LogP contribution in [0.25, 0.3) is 0 Å². The Bertz CT molecular complexity index is 268. The van der Waals surface area contributed by atoms with E-state index in [9.17, 15) is 0 Å². The molecule has 5 heteroatoms. The highest BCUT2D eigenvalue weighted by molar-refractivity contribution is 8.03. The average molecular weight is 397 g/mol. The number of hydrogen-bond acceptors (Lipinski definition) is 5. The van der Waals surface area contributed by atoms with E-state index in [0.717, 1.165) is 11.5 Å². The fourth-order valence-electron chi connectivity index (χ4n) is 1.50. The lowest BCUT2D eigenvalue weighted by molar-refractivity contribution is 1.12. The Hall–Kier alpha value is 1.23. The van der Waals surface area contributed by atoms with Crippen molar-refractivity contribution in [3.8, 4) is 0 Å². The maximum absolute atomic E-state index is 4.08. The molecule has 0 radical (unpaired) electrons. The number of hydrogen-bond donors (Lipinski definition) is 0. The van der Waals surface area contributed by atoms with Gasteiger partial charge in [-0.15, -0.1) is 0 Å². The molecular weight excluding hydrogens is 365 g/mol. The molecule has 0 aromatic rings. The van der Waals surface area contributed by atoms with Crippen molar-refractivity contribution < 1.29 is 0 Å². The fourth-order valence-corrected chi connectivity index (χ4v) is 6.07. The van der Waals surface area contributed by atoms with Crippen LogP contribution in [0, 0.1) is 0 Å². The largest absolute Gasteiger partial charge is 0.162 e. The van der Waals surface area contributed by atoms with E-state index in [1.165, 1.54) is 63.6 Å². The van der Waals surface area contributed by atoms with Crippen LogP contribution >= 0.6 is 58.8 Å². The first kappa shape index (κ1) is 23.2. The average Bonchev–Trinajstić information content (AvgIpc) is 2.77. The monoisotopic (exact) mass is 396 g/mol. The van der Waals surface area contributed by atoms with E-state index in [1.807, 2.05) is 58.8 Å². The zero-order valence-corrected chi connectivity index (χ0v) is 18.3. The summed E-state index contributed by atoms with van der Waals surface area (Å²) in [5, 5.41) is 0. The molecule has 1 saturated heterocycles. The summed E-state index contributed by atoms with van der Waals surface area (Å²) < 4.78 is 0. The highest BCUT2D eigenvalue weighted by Crippen LogP contribution is 2.18. The summed E-state index contributed by atoms with van der Waals surface area (Å²) >= 11 is 10.1. The molecule has 0 nitrogen and oxygen atoms in total. The van der Waals surface area contributed by atoms with Crippen molar-refractivity contribution in [3.05, 3.63) is 24.3 Å². The first-order valence-corrected chi connectivity index (χ1v) is 13.7. The van der Waals surface area contributed by atoms with E-state index < -0.39 is 0 Å². The normalized spacial score (nSPS) is 14.9. The maximum Gasteiger partial charge on any atom is 0.0149 e. The minimum atomic E-state index is 1.15. The Labute approximate surface area is 160 Å². The van der Waals surface area contributed by atoms with Gasteiger partial charge >= 0.3 is 0 Å². The summed E-state index contributed by atoms with van der Waals surface area (Å²) in [5.74, 6) is 12.4. The smallest absolute Gasteiger partial charge is 0.0149 e. The molecule has 1 aliphatic heterocycles. The predicted molar refractivity (Wildman–Crippen MR) is 121 cm³/mol. The first-order valence-electron chi connectivity index (χ1n) is 7.92. The Morgan fingerprint density at radius 1 is 0.955 bits per heavy atom. The lowest BCUT2D eigenvalue weighted by Gasteiger charge is -2.04. The van der Waals surface area contributed by atoms with Crippen LogP contribution in [0.1, 0.15) is 20.3 Å². The fraction of sp³-hybridized carbons (Fsp3) is 0.765. The van der Waals surface area contributed by atoms with Crippen molar-refractivity contribution in [1.29, 1.82) is 0 Å². The van der Waals surface area contributed by atoms with E-state index in [1.54, 1.807) is 0 Å². The SMILES string of the molecule is C=C(CSCC)CSCCCSCC.C=C1CSCCSC1. The topological polar surface area (TPSA) is 0 Å². The van der Waals surface area contributed by atoms with Crippen molar-refractivity contribution in [2.45, 2.75) is 20.3 Å². The predicted octanol–water partition coefficient (Wildman–Crippen LogP) is 6.19. The van der Waals surface area contributed by atoms with Crippen LogP contribution in [-0.4, -0.2) is 57.5 Å². The van der Waals surface area contributed by atoms with Gasteiger partial charge in [0.15, 0.2) is 0 Å². The van der Waals surface area contributed by atoms with Crippen molar-refractivity contribution >= 4 is 58.8 Å². The second-order valence-corrected chi connectivity index (χ2v) is 10.8. The van der Waals surface area contributed by atoms with Gasteiger partial charge in [0.1, 0.15) is 0 Å². The summed E-state index contributed by atoms with van der Waals surface area (Å²) in [7, 11) is 0. The van der Waals surface area contributed by atoms with Crippen molar-refractivity contribution in [3.63, 3.8) is 0 Å². The molecule has 1 fully saturated rings. The molecule has 0 aliphatic carbocycles. The van der Waals surface area contributed by atoms with Gasteiger partial charge in [-0.05, 0) is 29.4 Å². The molecule has 0 N–H and O–H groups in total. The zero-order valence-electron chi connectivity index (χ0n) is 14.2. The van der Waals surface area contributed by atoms with Gasteiger partial charge in [0.2, 0.25) is 0 Å². The Kier molecular flexibility index (Phi) is 19.6. The van der Waals surface area contributed by atoms with Crippen molar-refractivity contribution in [2.24, 2.45) is 0 Å². The van der Waals surface area contributed by atoms with Gasteiger partial charge in [-0.3, -0.25) is 0 Å². The lowest BCUT2D eigenvalue weighted by atomic mass is 10.4. The molecule has 0 aromatic carbocycles. The molecule has 1 heterocycles. The van der Waals surface area contributed by atoms with Gasteiger partial charge < -0.3 is 0 Å². The van der Waals surface area contributed by atoms with Crippen molar-refractivity contribution in [2.75, 3.05) is 57.5 Å². The molecule has 0 bridgehead atoms. The molecule has 0 saturated carbocycles. The van der Waals surface area contributed by atoms with Gasteiger partial charge in [0.25, 0.3) is 0 Å². The molecule has 0 spiro atoms. The third-order valence-electron chi connectivity index (χ3n) is 2.58. The Morgan fingerprint density at radius 2 is 1.50 bits per heavy atom. The van der Waals surface area contributed by atoms with Gasteiger partial charge in [0.05, 0.1) is 0 Å². The minimum absolute atomic E-state index is 1.15. The van der Waals surface area contributed by atoms with E-state index in [0.29, 0.717) is 0 Å². The molecule has 0 unspecified atom stereocenters. The standard InChI is InChI=1S/C11H22S3.C6H10S2/c1-4-12-7-6-8-14-10-11(3)9-13-5-2;1-6-4-7-2-3-8-5-6/h3-10H2,1-2H3;1-5H2. The summed E-state index contributed by atoms with van der Waals surface area (Å²) in [6.45, 7) is 12.4. The Balaban J connectivity index is 0.000000461. The van der Waals surface area contributed by atoms with Crippen LogP contribution in [0.3, 0.4) is 0 Å². The minimum Gasteiger partial charge on any atom is -0.162 e. The quantitative estimate of drug-likeness (QED) is 0.318.